The lowest BCUT2D eigenvalue weighted by molar-refractivity contribution is -0.149. The van der Waals surface area contributed by atoms with Crippen LogP contribution in [-0.4, -0.2) is 73.6 Å². The van der Waals surface area contributed by atoms with Crippen LogP contribution in [0.15, 0.2) is 30.3 Å². The fourth-order valence-electron chi connectivity index (χ4n) is 4.05. The average Bonchev–Trinajstić information content (AvgIpc) is 3.14. The predicted molar refractivity (Wildman–Crippen MR) is 98.9 cm³/mol. The second kappa shape index (κ2) is 7.66. The second-order valence-electron chi connectivity index (χ2n) is 7.48. The van der Waals surface area contributed by atoms with E-state index in [1.807, 2.05) is 28.0 Å². The number of ether oxygens (including phenoxy) is 1. The fraction of sp³-hybridized carbons (Fsp3) is 0.600. The minimum atomic E-state index is -0.0216. The average molecular weight is 357 g/mol. The molecule has 1 aromatic rings. The molecular weight excluding hydrogens is 330 g/mol. The first-order valence-corrected chi connectivity index (χ1v) is 9.69. The molecule has 0 unspecified atom stereocenters. The smallest absolute Gasteiger partial charge is 0.229 e. The van der Waals surface area contributed by atoms with Gasteiger partial charge in [0.2, 0.25) is 11.8 Å². The normalized spacial score (nSPS) is 23.8. The first kappa shape index (κ1) is 17.3. The Kier molecular flexibility index (Phi) is 5.11. The van der Waals surface area contributed by atoms with E-state index in [1.54, 1.807) is 0 Å². The topological polar surface area (TPSA) is 53.1 Å². The van der Waals surface area contributed by atoms with Crippen molar-refractivity contribution in [2.24, 2.45) is 5.92 Å². The summed E-state index contributed by atoms with van der Waals surface area (Å²) >= 11 is 0. The number of hydrogen-bond donors (Lipinski definition) is 0. The van der Waals surface area contributed by atoms with Gasteiger partial charge in [-0.25, -0.2) is 0 Å². The van der Waals surface area contributed by atoms with Gasteiger partial charge in [-0.2, -0.15) is 0 Å². The van der Waals surface area contributed by atoms with Crippen molar-refractivity contribution in [1.29, 1.82) is 0 Å². The predicted octanol–water partition coefficient (Wildman–Crippen LogP) is 1.36. The molecule has 0 bridgehead atoms. The summed E-state index contributed by atoms with van der Waals surface area (Å²) in [6.07, 6.45) is 2.58. The van der Waals surface area contributed by atoms with Gasteiger partial charge in [0.15, 0.2) is 0 Å². The van der Waals surface area contributed by atoms with E-state index in [9.17, 15) is 9.59 Å². The van der Waals surface area contributed by atoms with Crippen LogP contribution < -0.4 is 4.90 Å². The van der Waals surface area contributed by atoms with Crippen molar-refractivity contribution in [1.82, 2.24) is 9.80 Å². The molecule has 4 rings (SSSR count). The van der Waals surface area contributed by atoms with Gasteiger partial charge in [-0.3, -0.25) is 9.59 Å². The van der Waals surface area contributed by atoms with Crippen LogP contribution in [0.1, 0.15) is 19.3 Å². The number of piperazine rings is 1. The molecule has 0 aliphatic carbocycles. The van der Waals surface area contributed by atoms with E-state index in [-0.39, 0.29) is 23.8 Å². The van der Waals surface area contributed by atoms with Crippen molar-refractivity contribution >= 4 is 17.5 Å². The number of likely N-dealkylation sites (tertiary alicyclic amines) is 1. The Morgan fingerprint density at radius 3 is 2.38 bits per heavy atom. The molecule has 1 aromatic carbocycles. The van der Waals surface area contributed by atoms with E-state index in [0.29, 0.717) is 19.5 Å². The maximum Gasteiger partial charge on any atom is 0.229 e. The molecule has 3 saturated heterocycles. The lowest BCUT2D eigenvalue weighted by Crippen LogP contribution is -2.59. The highest BCUT2D eigenvalue weighted by Gasteiger charge is 2.39. The van der Waals surface area contributed by atoms with Gasteiger partial charge in [0.25, 0.3) is 0 Å². The van der Waals surface area contributed by atoms with Gasteiger partial charge < -0.3 is 19.4 Å². The van der Waals surface area contributed by atoms with Crippen LogP contribution in [0.5, 0.6) is 0 Å². The molecule has 6 nitrogen and oxygen atoms in total. The second-order valence-corrected chi connectivity index (χ2v) is 7.48. The Balaban J connectivity index is 1.21. The van der Waals surface area contributed by atoms with Crippen LogP contribution in [0.25, 0.3) is 0 Å². The monoisotopic (exact) mass is 357 g/mol. The fourth-order valence-corrected chi connectivity index (χ4v) is 4.05. The summed E-state index contributed by atoms with van der Waals surface area (Å²) in [4.78, 5) is 31.0. The van der Waals surface area contributed by atoms with Crippen LogP contribution in [-0.2, 0) is 14.3 Å². The third kappa shape index (κ3) is 3.70. The molecule has 6 heteroatoms. The third-order valence-corrected chi connectivity index (χ3v) is 5.72. The van der Waals surface area contributed by atoms with Crippen molar-refractivity contribution in [3.63, 3.8) is 0 Å². The Morgan fingerprint density at radius 2 is 1.73 bits per heavy atom. The molecule has 26 heavy (non-hydrogen) atoms. The Hall–Kier alpha value is -2.08. The Bertz CT molecular complexity index is 631. The molecule has 1 atom stereocenters. The summed E-state index contributed by atoms with van der Waals surface area (Å²) < 4.78 is 5.53. The molecule has 2 amide bonds. The van der Waals surface area contributed by atoms with E-state index in [0.717, 1.165) is 45.6 Å². The van der Waals surface area contributed by atoms with E-state index >= 15 is 0 Å². The number of benzene rings is 1. The van der Waals surface area contributed by atoms with Gasteiger partial charge in [-0.15, -0.1) is 0 Å². The maximum atomic E-state index is 12.7. The largest absolute Gasteiger partial charge is 0.378 e. The minimum absolute atomic E-state index is 0.0216. The Morgan fingerprint density at radius 1 is 1.00 bits per heavy atom. The Labute approximate surface area is 154 Å². The highest BCUT2D eigenvalue weighted by Crippen LogP contribution is 2.24. The molecular formula is C20H27N3O3. The molecule has 0 N–H and O–H groups in total. The molecule has 0 radical (unpaired) electrons. The lowest BCUT2D eigenvalue weighted by atomic mass is 9.97. The highest BCUT2D eigenvalue weighted by molar-refractivity contribution is 5.85. The number of nitrogens with zero attached hydrogens (tertiary/aromatic N) is 3. The van der Waals surface area contributed by atoms with Crippen LogP contribution in [0.3, 0.4) is 0 Å². The molecule has 3 fully saturated rings. The number of para-hydroxylation sites is 1. The summed E-state index contributed by atoms with van der Waals surface area (Å²) in [5.41, 5.74) is 1.22. The van der Waals surface area contributed by atoms with Gasteiger partial charge in [0, 0.05) is 51.6 Å². The van der Waals surface area contributed by atoms with Gasteiger partial charge in [-0.1, -0.05) is 18.2 Å². The van der Waals surface area contributed by atoms with E-state index in [1.165, 1.54) is 5.69 Å². The standard InChI is InChI=1S/C20H27N3O3/c24-19(13-18-7-4-12-26-18)23-14-16(15-23)20(25)22-10-8-21(9-11-22)17-5-2-1-3-6-17/h1-3,5-6,16,18H,4,7-15H2/t18-/m0/s1. The molecule has 3 aliphatic rings. The van der Waals surface area contributed by atoms with Gasteiger partial charge in [0.05, 0.1) is 18.4 Å². The number of amides is 2. The van der Waals surface area contributed by atoms with Crippen LogP contribution in [0.4, 0.5) is 5.69 Å². The number of rotatable bonds is 4. The van der Waals surface area contributed by atoms with Gasteiger partial charge in [0.1, 0.15) is 0 Å². The van der Waals surface area contributed by atoms with E-state index in [4.69, 9.17) is 4.74 Å². The number of hydrogen-bond acceptors (Lipinski definition) is 4. The number of carbonyl (C=O) groups is 2. The molecule has 0 aromatic heterocycles. The molecule has 3 heterocycles. The molecule has 0 spiro atoms. The lowest BCUT2D eigenvalue weighted by Gasteiger charge is -2.43. The third-order valence-electron chi connectivity index (χ3n) is 5.72. The minimum Gasteiger partial charge on any atom is -0.378 e. The highest BCUT2D eigenvalue weighted by atomic mass is 16.5. The first-order chi connectivity index (χ1) is 12.7. The summed E-state index contributed by atoms with van der Waals surface area (Å²) in [6, 6.07) is 10.3. The van der Waals surface area contributed by atoms with E-state index < -0.39 is 0 Å². The first-order valence-electron chi connectivity index (χ1n) is 9.69. The number of carbonyl (C=O) groups excluding carboxylic acids is 2. The van der Waals surface area contributed by atoms with Crippen LogP contribution in [0.2, 0.25) is 0 Å². The zero-order valence-electron chi connectivity index (χ0n) is 15.2. The van der Waals surface area contributed by atoms with Crippen LogP contribution >= 0.6 is 0 Å². The quantitative estimate of drug-likeness (QED) is 0.817. The molecule has 3 aliphatic heterocycles. The summed E-state index contributed by atoms with van der Waals surface area (Å²) in [7, 11) is 0. The number of anilines is 1. The van der Waals surface area contributed by atoms with Crippen molar-refractivity contribution in [2.75, 3.05) is 50.8 Å². The van der Waals surface area contributed by atoms with Crippen molar-refractivity contribution in [3.05, 3.63) is 30.3 Å². The van der Waals surface area contributed by atoms with E-state index in [2.05, 4.69) is 17.0 Å². The summed E-state index contributed by atoms with van der Waals surface area (Å²) in [5, 5.41) is 0. The van der Waals surface area contributed by atoms with Crippen molar-refractivity contribution < 1.29 is 14.3 Å². The maximum absolute atomic E-state index is 12.7. The molecule has 0 saturated carbocycles. The molecule has 140 valence electrons. The van der Waals surface area contributed by atoms with Gasteiger partial charge >= 0.3 is 0 Å². The van der Waals surface area contributed by atoms with Crippen molar-refractivity contribution in [2.45, 2.75) is 25.4 Å². The SMILES string of the molecule is O=C(C[C@@H]1CCCO1)N1CC(C(=O)N2CCN(c3ccccc3)CC2)C1. The van der Waals surface area contributed by atoms with Gasteiger partial charge in [-0.05, 0) is 25.0 Å². The van der Waals surface area contributed by atoms with Crippen molar-refractivity contribution in [3.8, 4) is 0 Å². The summed E-state index contributed by atoms with van der Waals surface area (Å²) in [6.45, 7) is 5.16. The zero-order valence-corrected chi connectivity index (χ0v) is 15.2. The summed E-state index contributed by atoms with van der Waals surface area (Å²) in [5.74, 6) is 0.320. The zero-order chi connectivity index (χ0) is 17.9. The van der Waals surface area contributed by atoms with Crippen LogP contribution in [0, 0.1) is 5.92 Å².